The van der Waals surface area contributed by atoms with E-state index in [1.54, 1.807) is 12.5 Å². The molecule has 14 heteroatoms. The number of ether oxygens (including phenoxy) is 3. The van der Waals surface area contributed by atoms with E-state index in [2.05, 4.69) is 55.7 Å². The fourth-order valence-electron chi connectivity index (χ4n) is 7.73. The number of carbonyl (C=O) groups excluding carboxylic acids is 2. The third-order valence-corrected chi connectivity index (χ3v) is 12.3. The average Bonchev–Trinajstić information content (AvgIpc) is 3.84. The Kier molecular flexibility index (Phi) is 11.6. The van der Waals surface area contributed by atoms with Gasteiger partial charge in [-0.3, -0.25) is 14.7 Å². The lowest BCUT2D eigenvalue weighted by molar-refractivity contribution is 0.0470. The predicted octanol–water partition coefficient (Wildman–Crippen LogP) is 6.63. The van der Waals surface area contributed by atoms with Gasteiger partial charge in [0.15, 0.2) is 0 Å². The lowest BCUT2D eigenvalue weighted by atomic mass is 10.0. The van der Waals surface area contributed by atoms with Crippen LogP contribution in [0, 0.1) is 11.8 Å². The third kappa shape index (κ3) is 9.90. The summed E-state index contributed by atoms with van der Waals surface area (Å²) < 4.78 is 19.6. The molecular formula is C41H56N8O5Si. The van der Waals surface area contributed by atoms with Gasteiger partial charge in [0.05, 0.1) is 24.3 Å². The molecule has 4 aromatic rings. The maximum atomic E-state index is 13.4. The van der Waals surface area contributed by atoms with Crippen molar-refractivity contribution >= 4 is 42.6 Å². The molecule has 7 rings (SSSR count). The maximum absolute atomic E-state index is 13.4. The molecule has 6 heterocycles. The average molecular weight is 769 g/mol. The predicted molar refractivity (Wildman–Crippen MR) is 217 cm³/mol. The number of piperidine rings is 1. The Morgan fingerprint density at radius 1 is 0.982 bits per heavy atom. The van der Waals surface area contributed by atoms with E-state index in [1.807, 2.05) is 57.2 Å². The largest absolute Gasteiger partial charge is 0.444 e. The zero-order chi connectivity index (χ0) is 38.7. The number of benzene rings is 1. The molecule has 3 atom stereocenters. The van der Waals surface area contributed by atoms with E-state index in [0.29, 0.717) is 49.6 Å². The minimum atomic E-state index is -1.25. The minimum Gasteiger partial charge on any atom is -0.444 e. The molecule has 2 N–H and O–H groups in total. The van der Waals surface area contributed by atoms with Crippen LogP contribution in [0.25, 0.3) is 22.3 Å². The molecule has 0 spiro atoms. The topological polar surface area (TPSA) is 136 Å². The molecule has 0 aliphatic carbocycles. The maximum Gasteiger partial charge on any atom is 0.407 e. The van der Waals surface area contributed by atoms with Crippen molar-refractivity contribution in [2.75, 3.05) is 56.2 Å². The fourth-order valence-corrected chi connectivity index (χ4v) is 8.49. The van der Waals surface area contributed by atoms with Crippen molar-refractivity contribution in [3.63, 3.8) is 0 Å². The molecule has 55 heavy (non-hydrogen) atoms. The Morgan fingerprint density at radius 2 is 1.75 bits per heavy atom. The molecule has 3 aliphatic rings. The number of likely N-dealkylation sites (tertiary alicyclic amines) is 1. The quantitative estimate of drug-likeness (QED) is 0.119. The number of hydrogen-bond acceptors (Lipinski definition) is 10. The van der Waals surface area contributed by atoms with Crippen LogP contribution in [0.1, 0.15) is 49.7 Å². The molecule has 1 aromatic carbocycles. The van der Waals surface area contributed by atoms with E-state index in [0.717, 1.165) is 85.4 Å². The number of carbonyl (C=O) groups is 2. The van der Waals surface area contributed by atoms with Gasteiger partial charge in [0.2, 0.25) is 0 Å². The van der Waals surface area contributed by atoms with E-state index >= 15 is 0 Å². The van der Waals surface area contributed by atoms with Crippen molar-refractivity contribution in [3.8, 4) is 11.3 Å². The normalized spacial score (nSPS) is 20.5. The smallest absolute Gasteiger partial charge is 0.407 e. The second kappa shape index (κ2) is 16.4. The van der Waals surface area contributed by atoms with Gasteiger partial charge in [0, 0.05) is 70.6 Å². The van der Waals surface area contributed by atoms with Gasteiger partial charge in [-0.1, -0.05) is 31.8 Å². The molecule has 3 aromatic heterocycles. The van der Waals surface area contributed by atoms with Crippen molar-refractivity contribution in [3.05, 3.63) is 66.2 Å². The summed E-state index contributed by atoms with van der Waals surface area (Å²) >= 11 is 0. The van der Waals surface area contributed by atoms with Crippen LogP contribution >= 0.6 is 0 Å². The van der Waals surface area contributed by atoms with Crippen LogP contribution in [-0.4, -0.2) is 102 Å². The van der Waals surface area contributed by atoms with Crippen molar-refractivity contribution in [2.24, 2.45) is 11.8 Å². The van der Waals surface area contributed by atoms with Gasteiger partial charge in [0.25, 0.3) is 5.91 Å². The lowest BCUT2D eigenvalue weighted by Gasteiger charge is -2.33. The molecule has 0 saturated carbocycles. The Labute approximate surface area is 325 Å². The van der Waals surface area contributed by atoms with Crippen LogP contribution in [0.15, 0.2) is 55.0 Å². The Morgan fingerprint density at radius 3 is 2.47 bits per heavy atom. The Hall–Kier alpha value is -4.37. The second-order valence-corrected chi connectivity index (χ2v) is 23.1. The number of anilines is 2. The number of fused-ring (bicyclic) bond motifs is 2. The summed E-state index contributed by atoms with van der Waals surface area (Å²) in [6.45, 7) is 19.5. The van der Waals surface area contributed by atoms with Crippen LogP contribution < -0.4 is 15.5 Å². The minimum absolute atomic E-state index is 0.00946. The van der Waals surface area contributed by atoms with Crippen molar-refractivity contribution in [2.45, 2.75) is 84.2 Å². The highest BCUT2D eigenvalue weighted by molar-refractivity contribution is 6.76. The van der Waals surface area contributed by atoms with Gasteiger partial charge < -0.3 is 34.3 Å². The summed E-state index contributed by atoms with van der Waals surface area (Å²) in [5, 5.41) is 7.06. The van der Waals surface area contributed by atoms with Gasteiger partial charge in [-0.2, -0.15) is 0 Å². The summed E-state index contributed by atoms with van der Waals surface area (Å²) in [6.07, 6.45) is 4.82. The molecule has 3 fully saturated rings. The highest BCUT2D eigenvalue weighted by atomic mass is 28.3. The van der Waals surface area contributed by atoms with Crippen molar-refractivity contribution in [1.82, 2.24) is 29.7 Å². The van der Waals surface area contributed by atoms with E-state index in [-0.39, 0.29) is 11.9 Å². The zero-order valence-corrected chi connectivity index (χ0v) is 34.1. The number of nitrogens with zero attached hydrogens (tertiary/aromatic N) is 6. The second-order valence-electron chi connectivity index (χ2n) is 17.5. The van der Waals surface area contributed by atoms with E-state index in [9.17, 15) is 9.59 Å². The zero-order valence-electron chi connectivity index (χ0n) is 33.1. The van der Waals surface area contributed by atoms with Gasteiger partial charge in [-0.05, 0) is 87.7 Å². The van der Waals surface area contributed by atoms with E-state index in [1.165, 1.54) is 0 Å². The van der Waals surface area contributed by atoms with Crippen LogP contribution in [0.5, 0.6) is 0 Å². The monoisotopic (exact) mass is 768 g/mol. The molecular weight excluding hydrogens is 713 g/mol. The Bertz CT molecular complexity index is 1960. The number of hydrogen-bond donors (Lipinski definition) is 2. The molecule has 294 valence electrons. The number of rotatable bonds is 12. The molecule has 3 saturated heterocycles. The lowest BCUT2D eigenvalue weighted by Crippen LogP contribution is -2.48. The molecule has 13 nitrogen and oxygen atoms in total. The van der Waals surface area contributed by atoms with Gasteiger partial charge in [-0.15, -0.1) is 0 Å². The van der Waals surface area contributed by atoms with E-state index in [4.69, 9.17) is 24.2 Å². The van der Waals surface area contributed by atoms with Gasteiger partial charge >= 0.3 is 6.09 Å². The van der Waals surface area contributed by atoms with Crippen molar-refractivity contribution < 1.29 is 23.8 Å². The molecule has 0 unspecified atom stereocenters. The van der Waals surface area contributed by atoms with Gasteiger partial charge in [0.1, 0.15) is 35.8 Å². The standard InChI is InChI=1S/C41H56N8O5Si/c1-41(2,3)54-40(51)46-33-8-7-15-47(23-33)20-28-13-14-42-35(18-28)39(50)45-32-11-9-29(10-12-32)36-19-34-37(48-21-30-24-53-25-31(30)22-48)43-26-44-38(34)49(36)27-52-16-17-55(4,5)6/h9-14,18-19,26,30-31,33H,7-8,15-17,20-25,27H2,1-6H3,(H,45,50)(H,46,51)/t30-,31+,33-/m1/s1. The highest BCUT2D eigenvalue weighted by Gasteiger charge is 2.38. The van der Waals surface area contributed by atoms with Crippen LogP contribution in [0.3, 0.4) is 0 Å². The first kappa shape index (κ1) is 38.9. The van der Waals surface area contributed by atoms with Crippen molar-refractivity contribution in [1.29, 1.82) is 0 Å². The molecule has 3 aliphatic heterocycles. The first-order valence-corrected chi connectivity index (χ1v) is 23.3. The third-order valence-electron chi connectivity index (χ3n) is 10.6. The van der Waals surface area contributed by atoms with Gasteiger partial charge in [-0.25, -0.2) is 14.8 Å². The van der Waals surface area contributed by atoms with Crippen LogP contribution in [0.2, 0.25) is 25.7 Å². The number of amides is 2. The highest BCUT2D eigenvalue weighted by Crippen LogP contribution is 2.37. The molecule has 2 amide bonds. The summed E-state index contributed by atoms with van der Waals surface area (Å²) in [5.41, 5.74) is 4.30. The number of aromatic nitrogens is 4. The number of pyridine rings is 1. The first-order valence-electron chi connectivity index (χ1n) is 19.6. The SMILES string of the molecule is CC(C)(C)OC(=O)N[C@@H]1CCCN(Cc2ccnc(C(=O)Nc3ccc(-c4cc5c(N6C[C@H]7COC[C@H]7C6)ncnc5n4COCC[Si](C)(C)C)cc3)c2)C1. The first-order chi connectivity index (χ1) is 26.3. The summed E-state index contributed by atoms with van der Waals surface area (Å²) in [6, 6.07) is 14.9. The summed E-state index contributed by atoms with van der Waals surface area (Å²) in [7, 11) is -1.25. The number of alkyl carbamates (subject to hydrolysis) is 1. The fraction of sp³-hybridized carbons (Fsp3) is 0.537. The Balaban J connectivity index is 1.03. The van der Waals surface area contributed by atoms with Crippen LogP contribution in [0.4, 0.5) is 16.3 Å². The van der Waals surface area contributed by atoms with E-state index < -0.39 is 19.8 Å². The summed E-state index contributed by atoms with van der Waals surface area (Å²) in [4.78, 5) is 44.4. The summed E-state index contributed by atoms with van der Waals surface area (Å²) in [5.74, 6) is 1.75. The number of nitrogens with one attached hydrogen (secondary N) is 2. The van der Waals surface area contributed by atoms with Crippen LogP contribution in [-0.2, 0) is 27.5 Å². The molecule has 0 radical (unpaired) electrons. The molecule has 0 bridgehead atoms.